The Morgan fingerprint density at radius 1 is 0.769 bits per heavy atom. The van der Waals surface area contributed by atoms with Crippen LogP contribution in [-0.2, 0) is 0 Å². The van der Waals surface area contributed by atoms with Crippen molar-refractivity contribution in [1.29, 1.82) is 0 Å². The number of unbranched alkanes of at least 4 members (excludes halogenated alkanes) is 8. The lowest BCUT2D eigenvalue weighted by atomic mass is 10.1. The second-order valence-electron chi connectivity index (χ2n) is 3.53. The molecule has 1 radical (unpaired) electrons. The topological polar surface area (TPSA) is 23.8 Å². The summed E-state index contributed by atoms with van der Waals surface area (Å²) in [5.74, 6) is 2.67. The number of nitrogens with one attached hydrogen (secondary N) is 1. The Balaban J connectivity index is 2.80. The van der Waals surface area contributed by atoms with Crippen LogP contribution < -0.4 is 5.73 Å². The highest BCUT2D eigenvalue weighted by Crippen LogP contribution is 2.08. The highest BCUT2D eigenvalue weighted by Gasteiger charge is 1.90. The third-order valence-corrected chi connectivity index (χ3v) is 2.25. The summed E-state index contributed by atoms with van der Waals surface area (Å²) in [6, 6.07) is 0. The van der Waals surface area contributed by atoms with Crippen molar-refractivity contribution < 1.29 is 0 Å². The average molecular weight is 180 g/mol. The molecule has 0 aliphatic carbocycles. The van der Waals surface area contributed by atoms with Gasteiger partial charge in [0.25, 0.3) is 0 Å². The Morgan fingerprint density at radius 2 is 1.23 bits per heavy atom. The monoisotopic (exact) mass is 180 g/mol. The first kappa shape index (κ1) is 12.5. The molecule has 0 aromatic carbocycles. The third kappa shape index (κ3) is 11.5. The lowest BCUT2D eigenvalue weighted by Crippen LogP contribution is -1.85. The van der Waals surface area contributed by atoms with Crippen LogP contribution in [0.1, 0.15) is 57.8 Å². The second kappa shape index (κ2) is 11.5. The van der Waals surface area contributed by atoms with E-state index in [2.05, 4.69) is 5.92 Å². The van der Waals surface area contributed by atoms with Gasteiger partial charge in [-0.25, -0.2) is 0 Å². The summed E-state index contributed by atoms with van der Waals surface area (Å²) in [6.45, 7) is 0.599. The van der Waals surface area contributed by atoms with E-state index in [9.17, 15) is 0 Å². The molecule has 0 spiro atoms. The minimum absolute atomic E-state index is 0.599. The fourth-order valence-electron chi connectivity index (χ4n) is 1.41. The van der Waals surface area contributed by atoms with Crippen LogP contribution in [0.2, 0.25) is 0 Å². The minimum atomic E-state index is 0.599. The molecule has 0 amide bonds. The van der Waals surface area contributed by atoms with E-state index in [1.165, 1.54) is 44.9 Å². The first-order valence-electron chi connectivity index (χ1n) is 5.50. The normalized spacial score (nSPS) is 9.85. The van der Waals surface area contributed by atoms with Gasteiger partial charge in [0.05, 0.1) is 0 Å². The Bertz CT molecular complexity index is 124. The molecule has 0 aliphatic rings. The van der Waals surface area contributed by atoms with Crippen molar-refractivity contribution in [3.63, 3.8) is 0 Å². The summed E-state index contributed by atoms with van der Waals surface area (Å²) >= 11 is 0. The van der Waals surface area contributed by atoms with Gasteiger partial charge in [0.1, 0.15) is 0 Å². The molecule has 0 fully saturated rings. The van der Waals surface area contributed by atoms with Crippen LogP contribution in [0, 0.1) is 12.3 Å². The number of hydrogen-bond donors (Lipinski definition) is 0. The molecule has 0 aromatic heterocycles. The van der Waals surface area contributed by atoms with Crippen molar-refractivity contribution in [3.8, 4) is 12.3 Å². The molecule has 0 saturated carbocycles. The van der Waals surface area contributed by atoms with Gasteiger partial charge < -0.3 is 0 Å². The summed E-state index contributed by atoms with van der Waals surface area (Å²) in [5, 5.41) is 0. The first-order valence-corrected chi connectivity index (χ1v) is 5.50. The molecular weight excluding hydrogens is 158 g/mol. The summed E-state index contributed by atoms with van der Waals surface area (Å²) < 4.78 is 0. The quantitative estimate of drug-likeness (QED) is 0.383. The van der Waals surface area contributed by atoms with Crippen LogP contribution in [0.3, 0.4) is 0 Å². The zero-order chi connectivity index (χ0) is 9.78. The maximum absolute atomic E-state index is 6.98. The largest absolute Gasteiger partial charge is 0.258 e. The van der Waals surface area contributed by atoms with Gasteiger partial charge in [0, 0.05) is 13.0 Å². The van der Waals surface area contributed by atoms with Crippen LogP contribution in [0.4, 0.5) is 0 Å². The van der Waals surface area contributed by atoms with Crippen LogP contribution in [0.5, 0.6) is 0 Å². The molecule has 0 saturated heterocycles. The molecule has 1 heteroatoms. The van der Waals surface area contributed by atoms with E-state index < -0.39 is 0 Å². The van der Waals surface area contributed by atoms with Crippen molar-refractivity contribution >= 4 is 0 Å². The lowest BCUT2D eigenvalue weighted by molar-refractivity contribution is 0.572. The van der Waals surface area contributed by atoms with Gasteiger partial charge in [-0.15, -0.1) is 12.3 Å². The Morgan fingerprint density at radius 3 is 1.69 bits per heavy atom. The van der Waals surface area contributed by atoms with E-state index >= 15 is 0 Å². The van der Waals surface area contributed by atoms with Gasteiger partial charge in [-0.05, 0) is 12.8 Å². The van der Waals surface area contributed by atoms with E-state index in [1.807, 2.05) is 0 Å². The van der Waals surface area contributed by atoms with E-state index in [-0.39, 0.29) is 0 Å². The summed E-state index contributed by atoms with van der Waals surface area (Å²) in [6.07, 6.45) is 16.3. The molecule has 0 aliphatic heterocycles. The number of terminal acetylenes is 1. The number of hydrogen-bond acceptors (Lipinski definition) is 0. The lowest BCUT2D eigenvalue weighted by Gasteiger charge is -1.99. The molecule has 0 heterocycles. The minimum Gasteiger partial charge on any atom is -0.258 e. The van der Waals surface area contributed by atoms with Gasteiger partial charge in [0.15, 0.2) is 0 Å². The van der Waals surface area contributed by atoms with Gasteiger partial charge in [0.2, 0.25) is 0 Å². The third-order valence-electron chi connectivity index (χ3n) is 2.25. The zero-order valence-corrected chi connectivity index (χ0v) is 8.65. The van der Waals surface area contributed by atoms with Crippen molar-refractivity contribution in [3.05, 3.63) is 0 Å². The fourth-order valence-corrected chi connectivity index (χ4v) is 1.41. The van der Waals surface area contributed by atoms with Crippen LogP contribution >= 0.6 is 0 Å². The molecule has 1 N–H and O–H groups in total. The Kier molecular flexibility index (Phi) is 11.1. The maximum Gasteiger partial charge on any atom is 0.00997 e. The molecule has 0 unspecified atom stereocenters. The van der Waals surface area contributed by atoms with Gasteiger partial charge in [-0.1, -0.05) is 38.5 Å². The van der Waals surface area contributed by atoms with Crippen molar-refractivity contribution in [2.24, 2.45) is 0 Å². The smallest absolute Gasteiger partial charge is 0.00997 e. The molecule has 0 aromatic rings. The summed E-state index contributed by atoms with van der Waals surface area (Å²) in [4.78, 5) is 0. The van der Waals surface area contributed by atoms with Gasteiger partial charge >= 0.3 is 0 Å². The Hall–Kier alpha value is -0.480. The van der Waals surface area contributed by atoms with Crippen molar-refractivity contribution in [2.45, 2.75) is 57.8 Å². The van der Waals surface area contributed by atoms with Gasteiger partial charge in [-0.2, -0.15) is 0 Å². The van der Waals surface area contributed by atoms with E-state index in [0.29, 0.717) is 6.54 Å². The molecule has 1 nitrogen and oxygen atoms in total. The van der Waals surface area contributed by atoms with Crippen LogP contribution in [-0.4, -0.2) is 6.54 Å². The fraction of sp³-hybridized carbons (Fsp3) is 0.833. The average Bonchev–Trinajstić information content (AvgIpc) is 2.16. The molecule has 75 valence electrons. The zero-order valence-electron chi connectivity index (χ0n) is 8.65. The van der Waals surface area contributed by atoms with E-state index in [4.69, 9.17) is 12.2 Å². The predicted octanol–water partition coefficient (Wildman–Crippen LogP) is 3.41. The summed E-state index contributed by atoms with van der Waals surface area (Å²) in [7, 11) is 0. The van der Waals surface area contributed by atoms with Crippen molar-refractivity contribution in [1.82, 2.24) is 5.73 Å². The number of rotatable bonds is 9. The molecule has 0 atom stereocenters. The molecule has 0 rings (SSSR count). The van der Waals surface area contributed by atoms with Gasteiger partial charge in [-0.3, -0.25) is 5.73 Å². The van der Waals surface area contributed by atoms with E-state index in [0.717, 1.165) is 12.8 Å². The van der Waals surface area contributed by atoms with Crippen LogP contribution in [0.25, 0.3) is 0 Å². The maximum atomic E-state index is 6.98. The molecule has 13 heavy (non-hydrogen) atoms. The van der Waals surface area contributed by atoms with E-state index in [1.54, 1.807) is 0 Å². The first-order chi connectivity index (χ1) is 6.41. The highest BCUT2D eigenvalue weighted by atomic mass is 14.5. The molecular formula is C12H22N. The second-order valence-corrected chi connectivity index (χ2v) is 3.53. The van der Waals surface area contributed by atoms with Crippen molar-refractivity contribution in [2.75, 3.05) is 6.54 Å². The van der Waals surface area contributed by atoms with Crippen LogP contribution in [0.15, 0.2) is 0 Å². The predicted molar refractivity (Wildman–Crippen MR) is 58.3 cm³/mol. The SMILES string of the molecule is C#CCCCCCCCCCC[NH]. The molecule has 0 bridgehead atoms. The highest BCUT2D eigenvalue weighted by molar-refractivity contribution is 4.82. The standard InChI is InChI=1S/C12H22N/c1-2-3-4-5-6-7-8-9-10-11-12-13/h1,13H,3-12H2. The Labute approximate surface area is 83.1 Å². The summed E-state index contributed by atoms with van der Waals surface area (Å²) in [5.41, 5.74) is 6.98.